The second-order valence-electron chi connectivity index (χ2n) is 5.61. The van der Waals surface area contributed by atoms with Gasteiger partial charge in [-0.15, -0.1) is 0 Å². The average molecular weight is 253 g/mol. The van der Waals surface area contributed by atoms with Gasteiger partial charge in [0, 0.05) is 24.3 Å². The molecular weight excluding hydrogens is 230 g/mol. The van der Waals surface area contributed by atoms with Gasteiger partial charge in [0.1, 0.15) is 5.60 Å². The molecule has 5 heteroatoms. The molecule has 1 heterocycles. The molecule has 5 nitrogen and oxygen atoms in total. The lowest BCUT2D eigenvalue weighted by Crippen LogP contribution is -2.31. The topological polar surface area (TPSA) is 56.2 Å². The highest BCUT2D eigenvalue weighted by molar-refractivity contribution is 5.72. The summed E-state index contributed by atoms with van der Waals surface area (Å²) in [5.41, 5.74) is 0.633. The lowest BCUT2D eigenvalue weighted by atomic mass is 10.2. The van der Waals surface area contributed by atoms with Crippen LogP contribution in [0.5, 0.6) is 0 Å². The van der Waals surface area contributed by atoms with Gasteiger partial charge in [0.25, 0.3) is 0 Å². The first kappa shape index (κ1) is 14.7. The average Bonchev–Trinajstić information content (AvgIpc) is 2.63. The molecule has 0 aromatic carbocycles. The standard InChI is InChI=1S/C13H23N3O2/c1-10(2)16-9-11(7-15-16)6-14-8-12(17)18-13(3,4)5/h7,9-10,14H,6,8H2,1-5H3. The summed E-state index contributed by atoms with van der Waals surface area (Å²) in [7, 11) is 0. The summed E-state index contributed by atoms with van der Waals surface area (Å²) in [5.74, 6) is -0.237. The number of nitrogens with one attached hydrogen (secondary N) is 1. The van der Waals surface area contributed by atoms with Crippen molar-refractivity contribution >= 4 is 5.97 Å². The molecule has 0 atom stereocenters. The van der Waals surface area contributed by atoms with E-state index in [0.29, 0.717) is 12.6 Å². The minimum Gasteiger partial charge on any atom is -0.459 e. The largest absolute Gasteiger partial charge is 0.459 e. The zero-order valence-corrected chi connectivity index (χ0v) is 11.9. The molecular formula is C13H23N3O2. The molecule has 102 valence electrons. The fourth-order valence-corrected chi connectivity index (χ4v) is 1.44. The first-order valence-electron chi connectivity index (χ1n) is 6.23. The highest BCUT2D eigenvalue weighted by atomic mass is 16.6. The van der Waals surface area contributed by atoms with Crippen molar-refractivity contribution < 1.29 is 9.53 Å². The van der Waals surface area contributed by atoms with E-state index in [2.05, 4.69) is 24.3 Å². The molecule has 1 aromatic heterocycles. The Morgan fingerprint density at radius 1 is 1.50 bits per heavy atom. The molecule has 0 aliphatic carbocycles. The molecule has 0 saturated heterocycles. The number of carbonyl (C=O) groups excluding carboxylic acids is 1. The molecule has 1 aromatic rings. The highest BCUT2D eigenvalue weighted by Gasteiger charge is 2.15. The molecule has 0 bridgehead atoms. The van der Waals surface area contributed by atoms with E-state index in [1.807, 2.05) is 37.8 Å². The van der Waals surface area contributed by atoms with Gasteiger partial charge in [-0.2, -0.15) is 5.10 Å². The fraction of sp³-hybridized carbons (Fsp3) is 0.692. The van der Waals surface area contributed by atoms with Gasteiger partial charge in [-0.1, -0.05) is 0 Å². The number of rotatable bonds is 5. The molecule has 0 spiro atoms. The molecule has 0 unspecified atom stereocenters. The second kappa shape index (κ2) is 6.00. The van der Waals surface area contributed by atoms with Crippen LogP contribution in [0.2, 0.25) is 0 Å². The van der Waals surface area contributed by atoms with Crippen LogP contribution in [0.3, 0.4) is 0 Å². The van der Waals surface area contributed by atoms with Crippen LogP contribution < -0.4 is 5.32 Å². The molecule has 1 rings (SSSR count). The van der Waals surface area contributed by atoms with E-state index in [1.54, 1.807) is 0 Å². The molecule has 1 N–H and O–H groups in total. The lowest BCUT2D eigenvalue weighted by molar-refractivity contribution is -0.153. The van der Waals surface area contributed by atoms with Crippen LogP contribution >= 0.6 is 0 Å². The summed E-state index contributed by atoms with van der Waals surface area (Å²) in [5, 5.41) is 7.28. The smallest absolute Gasteiger partial charge is 0.320 e. The van der Waals surface area contributed by atoms with Gasteiger partial charge in [-0.25, -0.2) is 0 Å². The van der Waals surface area contributed by atoms with Gasteiger partial charge in [0.15, 0.2) is 0 Å². The van der Waals surface area contributed by atoms with Crippen molar-refractivity contribution in [2.75, 3.05) is 6.54 Å². The first-order valence-corrected chi connectivity index (χ1v) is 6.23. The minimum absolute atomic E-state index is 0.212. The summed E-state index contributed by atoms with van der Waals surface area (Å²) in [4.78, 5) is 11.5. The van der Waals surface area contributed by atoms with Crippen molar-refractivity contribution in [3.05, 3.63) is 18.0 Å². The van der Waals surface area contributed by atoms with Crippen LogP contribution in [-0.4, -0.2) is 27.9 Å². The summed E-state index contributed by atoms with van der Waals surface area (Å²) in [6, 6.07) is 0.351. The first-order chi connectivity index (χ1) is 8.28. The molecule has 0 amide bonds. The third-order valence-corrected chi connectivity index (χ3v) is 2.20. The maximum atomic E-state index is 11.5. The summed E-state index contributed by atoms with van der Waals surface area (Å²) >= 11 is 0. The molecule has 0 fully saturated rings. The van der Waals surface area contributed by atoms with Crippen molar-refractivity contribution in [3.63, 3.8) is 0 Å². The Kier molecular flexibility index (Phi) is 4.90. The summed E-state index contributed by atoms with van der Waals surface area (Å²) in [6.45, 7) is 10.6. The van der Waals surface area contributed by atoms with Crippen molar-refractivity contribution in [1.29, 1.82) is 0 Å². The molecule has 0 radical (unpaired) electrons. The normalized spacial score (nSPS) is 11.9. The molecule has 0 saturated carbocycles. The molecule has 0 aliphatic rings. The van der Waals surface area contributed by atoms with Crippen LogP contribution in [0.1, 0.15) is 46.2 Å². The highest BCUT2D eigenvalue weighted by Crippen LogP contribution is 2.07. The van der Waals surface area contributed by atoms with E-state index < -0.39 is 5.60 Å². The second-order valence-corrected chi connectivity index (χ2v) is 5.61. The Hall–Kier alpha value is -1.36. The van der Waals surface area contributed by atoms with Crippen LogP contribution in [0.4, 0.5) is 0 Å². The fourth-order valence-electron chi connectivity index (χ4n) is 1.44. The Morgan fingerprint density at radius 2 is 2.17 bits per heavy atom. The Labute approximate surface area is 109 Å². The van der Waals surface area contributed by atoms with Crippen molar-refractivity contribution in [3.8, 4) is 0 Å². The zero-order chi connectivity index (χ0) is 13.8. The van der Waals surface area contributed by atoms with Crippen LogP contribution in [0, 0.1) is 0 Å². The predicted octanol–water partition coefficient (Wildman–Crippen LogP) is 1.90. The number of hydrogen-bond acceptors (Lipinski definition) is 4. The van der Waals surface area contributed by atoms with Crippen molar-refractivity contribution in [2.24, 2.45) is 0 Å². The predicted molar refractivity (Wildman–Crippen MR) is 70.2 cm³/mol. The van der Waals surface area contributed by atoms with Gasteiger partial charge >= 0.3 is 5.97 Å². The Bertz CT molecular complexity index is 391. The van der Waals surface area contributed by atoms with E-state index in [4.69, 9.17) is 4.74 Å². The number of hydrogen-bond donors (Lipinski definition) is 1. The van der Waals surface area contributed by atoms with E-state index in [-0.39, 0.29) is 12.5 Å². The van der Waals surface area contributed by atoms with Gasteiger partial charge in [-0.05, 0) is 34.6 Å². The monoisotopic (exact) mass is 253 g/mol. The van der Waals surface area contributed by atoms with E-state index in [1.165, 1.54) is 0 Å². The Morgan fingerprint density at radius 3 is 2.67 bits per heavy atom. The number of carbonyl (C=O) groups is 1. The molecule has 18 heavy (non-hydrogen) atoms. The minimum atomic E-state index is -0.429. The quantitative estimate of drug-likeness (QED) is 0.814. The number of nitrogens with zero attached hydrogens (tertiary/aromatic N) is 2. The van der Waals surface area contributed by atoms with Crippen LogP contribution in [0.15, 0.2) is 12.4 Å². The maximum Gasteiger partial charge on any atom is 0.320 e. The SMILES string of the molecule is CC(C)n1cc(CNCC(=O)OC(C)(C)C)cn1. The van der Waals surface area contributed by atoms with Gasteiger partial charge in [0.05, 0.1) is 12.7 Å². The van der Waals surface area contributed by atoms with Crippen LogP contribution in [-0.2, 0) is 16.1 Å². The van der Waals surface area contributed by atoms with Crippen LogP contribution in [0.25, 0.3) is 0 Å². The lowest BCUT2D eigenvalue weighted by Gasteiger charge is -2.19. The van der Waals surface area contributed by atoms with Gasteiger partial charge in [-0.3, -0.25) is 9.48 Å². The number of ether oxygens (including phenoxy) is 1. The van der Waals surface area contributed by atoms with Gasteiger partial charge < -0.3 is 10.1 Å². The third kappa shape index (κ3) is 5.31. The van der Waals surface area contributed by atoms with E-state index in [0.717, 1.165) is 5.56 Å². The van der Waals surface area contributed by atoms with Crippen molar-refractivity contribution in [2.45, 2.75) is 52.8 Å². The zero-order valence-electron chi connectivity index (χ0n) is 11.9. The maximum absolute atomic E-state index is 11.5. The van der Waals surface area contributed by atoms with E-state index >= 15 is 0 Å². The van der Waals surface area contributed by atoms with E-state index in [9.17, 15) is 4.79 Å². The number of esters is 1. The van der Waals surface area contributed by atoms with Gasteiger partial charge in [0.2, 0.25) is 0 Å². The Balaban J connectivity index is 2.31. The molecule has 0 aliphatic heterocycles. The summed E-state index contributed by atoms with van der Waals surface area (Å²) in [6.07, 6.45) is 3.79. The van der Waals surface area contributed by atoms with Crippen molar-refractivity contribution in [1.82, 2.24) is 15.1 Å². The number of aromatic nitrogens is 2. The summed E-state index contributed by atoms with van der Waals surface area (Å²) < 4.78 is 7.09. The third-order valence-electron chi connectivity index (χ3n) is 2.20.